The van der Waals surface area contributed by atoms with Gasteiger partial charge in [-0.25, -0.2) is 4.79 Å². The number of anilines is 1. The van der Waals surface area contributed by atoms with Crippen LogP contribution in [0.3, 0.4) is 0 Å². The fourth-order valence-corrected chi connectivity index (χ4v) is 2.51. The molecule has 1 amide bonds. The minimum Gasteiger partial charge on any atom is -0.454 e. The molecule has 7 heteroatoms. The van der Waals surface area contributed by atoms with Gasteiger partial charge in [0.2, 0.25) is 0 Å². The molecule has 0 radical (unpaired) electrons. The second-order valence-electron chi connectivity index (χ2n) is 6.26. The molecule has 1 N–H and O–H groups in total. The Labute approximate surface area is 166 Å². The number of carbonyl (C=O) groups is 3. The first-order valence-corrected chi connectivity index (χ1v) is 8.77. The number of ether oxygens (including phenoxy) is 1. The highest BCUT2D eigenvalue weighted by atomic mass is 16.5. The monoisotopic (exact) mass is 390 g/mol. The average molecular weight is 390 g/mol. The molecule has 0 spiro atoms. The molecule has 0 saturated carbocycles. The number of aryl methyl sites for hydroxylation is 1. The normalized spacial score (nSPS) is 10.2. The van der Waals surface area contributed by atoms with Gasteiger partial charge in [0.05, 0.1) is 5.56 Å². The fraction of sp³-hybridized carbons (Fsp3) is 0.0909. The Hall–Kier alpha value is -4.00. The van der Waals surface area contributed by atoms with Crippen molar-refractivity contribution in [3.05, 3.63) is 100.0 Å². The van der Waals surface area contributed by atoms with Crippen molar-refractivity contribution in [2.75, 3.05) is 11.9 Å². The van der Waals surface area contributed by atoms with Gasteiger partial charge in [-0.05, 0) is 42.5 Å². The van der Waals surface area contributed by atoms with Gasteiger partial charge in [-0.2, -0.15) is 0 Å². The first-order valence-electron chi connectivity index (χ1n) is 8.77. The van der Waals surface area contributed by atoms with Crippen molar-refractivity contribution in [1.29, 1.82) is 0 Å². The van der Waals surface area contributed by atoms with E-state index in [0.717, 1.165) is 6.07 Å². The van der Waals surface area contributed by atoms with Crippen LogP contribution in [0.4, 0.5) is 5.69 Å². The lowest BCUT2D eigenvalue weighted by molar-refractivity contribution is 0.0474. The minimum atomic E-state index is -0.747. The van der Waals surface area contributed by atoms with Gasteiger partial charge in [-0.15, -0.1) is 0 Å². The van der Waals surface area contributed by atoms with Crippen molar-refractivity contribution >= 4 is 23.3 Å². The summed E-state index contributed by atoms with van der Waals surface area (Å²) in [6.45, 7) is -0.455. The zero-order valence-corrected chi connectivity index (χ0v) is 15.6. The molecular weight excluding hydrogens is 372 g/mol. The minimum absolute atomic E-state index is 0.0832. The topological polar surface area (TPSA) is 94.5 Å². The number of rotatable bonds is 6. The Balaban J connectivity index is 1.57. The van der Waals surface area contributed by atoms with E-state index in [9.17, 15) is 19.2 Å². The summed E-state index contributed by atoms with van der Waals surface area (Å²) in [5.74, 6) is -1.40. The van der Waals surface area contributed by atoms with Crippen molar-refractivity contribution in [3.8, 4) is 0 Å². The first-order chi connectivity index (χ1) is 13.9. The first kappa shape index (κ1) is 19.8. The number of aromatic nitrogens is 1. The molecule has 0 aliphatic heterocycles. The second-order valence-corrected chi connectivity index (χ2v) is 6.26. The number of amides is 1. The van der Waals surface area contributed by atoms with Crippen LogP contribution in [-0.4, -0.2) is 28.8 Å². The van der Waals surface area contributed by atoms with E-state index in [-0.39, 0.29) is 17.0 Å². The molecule has 29 heavy (non-hydrogen) atoms. The van der Waals surface area contributed by atoms with E-state index in [1.807, 2.05) is 6.07 Å². The number of hydrogen-bond acceptors (Lipinski definition) is 5. The quantitative estimate of drug-likeness (QED) is 0.516. The van der Waals surface area contributed by atoms with Gasteiger partial charge in [0, 0.05) is 36.1 Å². The molecule has 146 valence electrons. The predicted octanol–water partition coefficient (Wildman–Crippen LogP) is 2.68. The number of nitrogens with one attached hydrogen (secondary N) is 1. The lowest BCUT2D eigenvalue weighted by Crippen LogP contribution is -2.19. The van der Waals surface area contributed by atoms with Crippen LogP contribution in [0.15, 0.2) is 77.7 Å². The van der Waals surface area contributed by atoms with Gasteiger partial charge < -0.3 is 14.6 Å². The van der Waals surface area contributed by atoms with Gasteiger partial charge in [0.15, 0.2) is 12.4 Å². The number of ketones is 1. The fourth-order valence-electron chi connectivity index (χ4n) is 2.51. The smallest absolute Gasteiger partial charge is 0.338 e. The van der Waals surface area contributed by atoms with E-state index >= 15 is 0 Å². The number of hydrogen-bond donors (Lipinski definition) is 1. The third kappa shape index (κ3) is 5.04. The molecule has 0 fully saturated rings. The molecular formula is C22H18N2O5. The van der Waals surface area contributed by atoms with E-state index in [2.05, 4.69) is 5.32 Å². The van der Waals surface area contributed by atoms with Gasteiger partial charge in [-0.3, -0.25) is 14.4 Å². The van der Waals surface area contributed by atoms with Gasteiger partial charge >= 0.3 is 5.97 Å². The Morgan fingerprint density at radius 1 is 0.897 bits per heavy atom. The van der Waals surface area contributed by atoms with Crippen molar-refractivity contribution < 1.29 is 19.1 Å². The van der Waals surface area contributed by atoms with E-state index in [4.69, 9.17) is 4.74 Å². The maximum absolute atomic E-state index is 12.2. The van der Waals surface area contributed by atoms with Crippen molar-refractivity contribution in [2.24, 2.45) is 7.05 Å². The molecule has 0 unspecified atom stereocenters. The Morgan fingerprint density at radius 3 is 2.24 bits per heavy atom. The van der Waals surface area contributed by atoms with Crippen LogP contribution in [0.1, 0.15) is 31.1 Å². The molecule has 3 rings (SSSR count). The van der Waals surface area contributed by atoms with Gasteiger partial charge in [0.1, 0.15) is 0 Å². The van der Waals surface area contributed by atoms with Gasteiger partial charge in [-0.1, -0.05) is 18.2 Å². The highest BCUT2D eigenvalue weighted by molar-refractivity contribution is 6.04. The van der Waals surface area contributed by atoms with Crippen LogP contribution >= 0.6 is 0 Å². The summed E-state index contributed by atoms with van der Waals surface area (Å²) in [4.78, 5) is 47.9. The summed E-state index contributed by atoms with van der Waals surface area (Å²) in [6.07, 6.45) is 1.45. The third-order valence-corrected chi connectivity index (χ3v) is 4.18. The van der Waals surface area contributed by atoms with E-state index in [1.54, 1.807) is 43.4 Å². The van der Waals surface area contributed by atoms with Gasteiger partial charge in [0.25, 0.3) is 11.5 Å². The van der Waals surface area contributed by atoms with Crippen LogP contribution in [0.5, 0.6) is 0 Å². The Morgan fingerprint density at radius 2 is 1.59 bits per heavy atom. The summed E-state index contributed by atoms with van der Waals surface area (Å²) in [6, 6.07) is 17.6. The number of pyridine rings is 1. The zero-order chi connectivity index (χ0) is 20.8. The molecule has 2 aromatic carbocycles. The van der Waals surface area contributed by atoms with E-state index in [1.165, 1.54) is 29.0 Å². The van der Waals surface area contributed by atoms with Crippen LogP contribution in [0, 0.1) is 0 Å². The molecule has 3 aromatic rings. The summed E-state index contributed by atoms with van der Waals surface area (Å²) in [7, 11) is 1.56. The maximum atomic E-state index is 12.2. The van der Waals surface area contributed by atoms with E-state index in [0.29, 0.717) is 16.8 Å². The molecule has 0 atom stereocenters. The number of nitrogens with zero attached hydrogens (tertiary/aromatic N) is 1. The number of benzene rings is 2. The predicted molar refractivity (Wildman–Crippen MR) is 107 cm³/mol. The molecule has 1 aromatic heterocycles. The number of carbonyl (C=O) groups excluding carboxylic acids is 3. The number of Topliss-reactive ketones (excluding diaryl/α,β-unsaturated/α-hetero) is 1. The van der Waals surface area contributed by atoms with Crippen molar-refractivity contribution in [2.45, 2.75) is 0 Å². The van der Waals surface area contributed by atoms with Crippen molar-refractivity contribution in [1.82, 2.24) is 4.57 Å². The Kier molecular flexibility index (Phi) is 5.99. The number of esters is 1. The second kappa shape index (κ2) is 8.79. The van der Waals surface area contributed by atoms with Crippen LogP contribution in [0.2, 0.25) is 0 Å². The molecule has 0 aliphatic rings. The zero-order valence-electron chi connectivity index (χ0n) is 15.6. The highest BCUT2D eigenvalue weighted by Crippen LogP contribution is 2.12. The summed E-state index contributed by atoms with van der Waals surface area (Å²) in [5.41, 5.74) is 1.13. The summed E-state index contributed by atoms with van der Waals surface area (Å²) < 4.78 is 6.30. The van der Waals surface area contributed by atoms with E-state index < -0.39 is 18.4 Å². The summed E-state index contributed by atoms with van der Waals surface area (Å²) in [5, 5.41) is 2.74. The molecule has 0 aliphatic carbocycles. The maximum Gasteiger partial charge on any atom is 0.338 e. The highest BCUT2D eigenvalue weighted by Gasteiger charge is 2.13. The largest absolute Gasteiger partial charge is 0.454 e. The lowest BCUT2D eigenvalue weighted by atomic mass is 10.1. The van der Waals surface area contributed by atoms with Crippen molar-refractivity contribution in [3.63, 3.8) is 0 Å². The SMILES string of the molecule is Cn1ccc(C(=O)OCC(=O)c2ccc(NC(=O)c3ccccc3)cc2)cc1=O. The summed E-state index contributed by atoms with van der Waals surface area (Å²) >= 11 is 0. The third-order valence-electron chi connectivity index (χ3n) is 4.18. The molecule has 0 bridgehead atoms. The molecule has 0 saturated heterocycles. The molecule has 1 heterocycles. The average Bonchev–Trinajstić information content (AvgIpc) is 2.74. The standard InChI is InChI=1S/C22H18N2O5/c1-24-12-11-17(13-20(24)26)22(28)29-14-19(25)15-7-9-18(10-8-15)23-21(27)16-5-3-2-4-6-16/h2-13H,14H2,1H3,(H,23,27). The molecule has 7 nitrogen and oxygen atoms in total. The van der Waals surface area contributed by atoms with Crippen LogP contribution in [-0.2, 0) is 11.8 Å². The Bertz CT molecular complexity index is 1100. The lowest BCUT2D eigenvalue weighted by Gasteiger charge is -2.07. The van der Waals surface area contributed by atoms with Crippen LogP contribution in [0.25, 0.3) is 0 Å². The van der Waals surface area contributed by atoms with Crippen LogP contribution < -0.4 is 10.9 Å².